The minimum Gasteiger partial charge on any atom is -0.457 e. The fourth-order valence-electron chi connectivity index (χ4n) is 2.69. The van der Waals surface area contributed by atoms with Crippen LogP contribution in [0, 0.1) is 0 Å². The molecule has 0 unspecified atom stereocenters. The normalized spacial score (nSPS) is 10.6. The van der Waals surface area contributed by atoms with Gasteiger partial charge in [-0.1, -0.05) is 30.3 Å². The van der Waals surface area contributed by atoms with Crippen LogP contribution in [0.1, 0.15) is 26.3 Å². The van der Waals surface area contributed by atoms with E-state index in [-0.39, 0.29) is 18.5 Å². The zero-order valence-electron chi connectivity index (χ0n) is 14.8. The van der Waals surface area contributed by atoms with E-state index in [0.29, 0.717) is 11.1 Å². The van der Waals surface area contributed by atoms with E-state index in [1.807, 2.05) is 36.4 Å². The van der Waals surface area contributed by atoms with Gasteiger partial charge in [0.15, 0.2) is 0 Å². The number of carbonyl (C=O) groups is 2. The van der Waals surface area contributed by atoms with Crippen LogP contribution in [-0.2, 0) is 11.3 Å². The highest BCUT2D eigenvalue weighted by Gasteiger charge is 2.10. The Balaban J connectivity index is 1.36. The van der Waals surface area contributed by atoms with Gasteiger partial charge in [0.05, 0.1) is 21.3 Å². The molecule has 0 fully saturated rings. The van der Waals surface area contributed by atoms with Crippen molar-refractivity contribution in [1.29, 1.82) is 0 Å². The number of anilines is 1. The van der Waals surface area contributed by atoms with Gasteiger partial charge in [-0.25, -0.2) is 9.78 Å². The smallest absolute Gasteiger partial charge is 0.338 e. The van der Waals surface area contributed by atoms with E-state index in [9.17, 15) is 9.59 Å². The molecule has 4 rings (SSSR count). The van der Waals surface area contributed by atoms with Crippen LogP contribution < -0.4 is 5.32 Å². The van der Waals surface area contributed by atoms with Gasteiger partial charge in [0.2, 0.25) is 0 Å². The molecule has 1 N–H and O–H groups in total. The molecule has 4 aromatic rings. The maximum atomic E-state index is 12.3. The summed E-state index contributed by atoms with van der Waals surface area (Å²) in [5.41, 5.74) is 5.19. The Hall–Kier alpha value is -3.51. The van der Waals surface area contributed by atoms with Crippen molar-refractivity contribution < 1.29 is 14.3 Å². The molecule has 6 heteroatoms. The number of para-hydroxylation sites is 1. The summed E-state index contributed by atoms with van der Waals surface area (Å²) in [5, 5.41) is 2.83. The zero-order valence-corrected chi connectivity index (χ0v) is 15.6. The number of esters is 1. The van der Waals surface area contributed by atoms with Crippen LogP contribution in [-0.4, -0.2) is 16.9 Å². The first-order chi connectivity index (χ1) is 13.7. The Kier molecular flexibility index (Phi) is 5.12. The second-order valence-corrected chi connectivity index (χ2v) is 7.01. The number of aromatic nitrogens is 1. The summed E-state index contributed by atoms with van der Waals surface area (Å²) < 4.78 is 6.33. The van der Waals surface area contributed by atoms with E-state index in [2.05, 4.69) is 10.3 Å². The number of hydrogen-bond acceptors (Lipinski definition) is 5. The second kappa shape index (κ2) is 8.02. The quantitative estimate of drug-likeness (QED) is 0.494. The van der Waals surface area contributed by atoms with E-state index in [1.165, 1.54) is 11.3 Å². The monoisotopic (exact) mass is 388 g/mol. The summed E-state index contributed by atoms with van der Waals surface area (Å²) in [6, 6.07) is 21.6. The second-order valence-electron chi connectivity index (χ2n) is 6.13. The van der Waals surface area contributed by atoms with Crippen molar-refractivity contribution in [2.24, 2.45) is 0 Å². The molecule has 0 aliphatic carbocycles. The predicted octanol–water partition coefficient (Wildman–Crippen LogP) is 4.91. The summed E-state index contributed by atoms with van der Waals surface area (Å²) in [4.78, 5) is 28.7. The van der Waals surface area contributed by atoms with Crippen LogP contribution in [0.3, 0.4) is 0 Å². The number of thiazole rings is 1. The molecule has 1 heterocycles. The number of rotatable bonds is 5. The van der Waals surface area contributed by atoms with Crippen molar-refractivity contribution in [3.05, 3.63) is 95.0 Å². The molecular weight excluding hydrogens is 372 g/mol. The Morgan fingerprint density at radius 3 is 2.46 bits per heavy atom. The number of hydrogen-bond donors (Lipinski definition) is 1. The minimum absolute atomic E-state index is 0.139. The molecule has 0 aliphatic heterocycles. The molecule has 0 spiro atoms. The van der Waals surface area contributed by atoms with Crippen molar-refractivity contribution in [3.8, 4) is 0 Å². The Labute approximate surface area is 165 Å². The molecule has 0 saturated heterocycles. The third-order valence-corrected chi connectivity index (χ3v) is 4.98. The number of fused-ring (bicyclic) bond motifs is 1. The molecule has 1 aromatic heterocycles. The first-order valence-corrected chi connectivity index (χ1v) is 9.53. The fraction of sp³-hybridized carbons (Fsp3) is 0.0455. The largest absolute Gasteiger partial charge is 0.457 e. The highest BCUT2D eigenvalue weighted by atomic mass is 32.1. The van der Waals surface area contributed by atoms with Crippen LogP contribution in [0.2, 0.25) is 0 Å². The summed E-state index contributed by atoms with van der Waals surface area (Å²) in [6.07, 6.45) is 0. The lowest BCUT2D eigenvalue weighted by Crippen LogP contribution is -2.11. The predicted molar refractivity (Wildman–Crippen MR) is 110 cm³/mol. The number of nitrogens with one attached hydrogen (secondary N) is 1. The van der Waals surface area contributed by atoms with Crippen LogP contribution in [0.5, 0.6) is 0 Å². The van der Waals surface area contributed by atoms with Crippen molar-refractivity contribution in [2.45, 2.75) is 6.61 Å². The van der Waals surface area contributed by atoms with Crippen molar-refractivity contribution >= 4 is 39.1 Å². The highest BCUT2D eigenvalue weighted by Crippen LogP contribution is 2.20. The Morgan fingerprint density at radius 1 is 0.929 bits per heavy atom. The lowest BCUT2D eigenvalue weighted by molar-refractivity contribution is 0.0472. The van der Waals surface area contributed by atoms with Gasteiger partial charge in [-0.3, -0.25) is 4.79 Å². The molecule has 5 nitrogen and oxygen atoms in total. The molecule has 1 amide bonds. The molecule has 138 valence electrons. The molecular formula is C22H16N2O3S. The van der Waals surface area contributed by atoms with E-state index in [4.69, 9.17) is 4.74 Å². The topological polar surface area (TPSA) is 68.3 Å². The van der Waals surface area contributed by atoms with Gasteiger partial charge in [-0.2, -0.15) is 0 Å². The average molecular weight is 388 g/mol. The number of carbonyl (C=O) groups excluding carboxylic acids is 2. The van der Waals surface area contributed by atoms with E-state index >= 15 is 0 Å². The third kappa shape index (κ3) is 4.07. The van der Waals surface area contributed by atoms with Crippen molar-refractivity contribution in [3.63, 3.8) is 0 Å². The highest BCUT2D eigenvalue weighted by molar-refractivity contribution is 7.16. The average Bonchev–Trinajstić information content (AvgIpc) is 3.21. The number of benzene rings is 3. The molecule has 0 saturated carbocycles. The molecule has 28 heavy (non-hydrogen) atoms. The van der Waals surface area contributed by atoms with Crippen LogP contribution in [0.15, 0.2) is 78.3 Å². The molecule has 0 radical (unpaired) electrons. The summed E-state index contributed by atoms with van der Waals surface area (Å²) in [6.45, 7) is 0.139. The van der Waals surface area contributed by atoms with E-state index in [1.54, 1.807) is 41.9 Å². The van der Waals surface area contributed by atoms with Crippen molar-refractivity contribution in [2.75, 3.05) is 5.32 Å². The minimum atomic E-state index is -0.388. The van der Waals surface area contributed by atoms with Crippen LogP contribution in [0.25, 0.3) is 10.2 Å². The van der Waals surface area contributed by atoms with Crippen LogP contribution >= 0.6 is 11.3 Å². The lowest BCUT2D eigenvalue weighted by atomic mass is 10.1. The van der Waals surface area contributed by atoms with E-state index < -0.39 is 0 Å². The molecule has 0 atom stereocenters. The van der Waals surface area contributed by atoms with Gasteiger partial charge >= 0.3 is 5.97 Å². The maximum Gasteiger partial charge on any atom is 0.338 e. The SMILES string of the molecule is O=C(Nc1ccccc1)c1ccc(COC(=O)c2ccc3ncsc3c2)cc1. The van der Waals surface area contributed by atoms with Gasteiger partial charge in [0, 0.05) is 11.3 Å². The number of amides is 1. The van der Waals surface area contributed by atoms with E-state index in [0.717, 1.165) is 21.5 Å². The molecule has 0 aliphatic rings. The number of nitrogens with zero attached hydrogens (tertiary/aromatic N) is 1. The summed E-state index contributed by atoms with van der Waals surface area (Å²) >= 11 is 1.48. The van der Waals surface area contributed by atoms with Gasteiger partial charge in [-0.15, -0.1) is 11.3 Å². The third-order valence-electron chi connectivity index (χ3n) is 4.18. The lowest BCUT2D eigenvalue weighted by Gasteiger charge is -2.07. The van der Waals surface area contributed by atoms with Crippen molar-refractivity contribution in [1.82, 2.24) is 4.98 Å². The fourth-order valence-corrected chi connectivity index (χ4v) is 3.41. The Morgan fingerprint density at radius 2 is 1.68 bits per heavy atom. The standard InChI is InChI=1S/C22H16N2O3S/c25-21(24-18-4-2-1-3-5-18)16-8-6-15(7-9-16)13-27-22(26)17-10-11-19-20(12-17)28-14-23-19/h1-12,14H,13H2,(H,24,25). The zero-order chi connectivity index (χ0) is 19.3. The number of ether oxygens (including phenoxy) is 1. The van der Waals surface area contributed by atoms with Crippen LogP contribution in [0.4, 0.5) is 5.69 Å². The first-order valence-electron chi connectivity index (χ1n) is 8.65. The first kappa shape index (κ1) is 17.9. The molecule has 0 bridgehead atoms. The van der Waals surface area contributed by atoms with Gasteiger partial charge in [-0.05, 0) is 48.0 Å². The van der Waals surface area contributed by atoms with Gasteiger partial charge in [0.25, 0.3) is 5.91 Å². The molecule has 3 aromatic carbocycles. The summed E-state index contributed by atoms with van der Waals surface area (Å²) in [7, 11) is 0. The van der Waals surface area contributed by atoms with Gasteiger partial charge < -0.3 is 10.1 Å². The van der Waals surface area contributed by atoms with Gasteiger partial charge in [0.1, 0.15) is 6.61 Å². The maximum absolute atomic E-state index is 12.3. The Bertz CT molecular complexity index is 1120. The summed E-state index contributed by atoms with van der Waals surface area (Å²) in [5.74, 6) is -0.575.